The summed E-state index contributed by atoms with van der Waals surface area (Å²) >= 11 is 6.42. The Bertz CT molecular complexity index is 1090. The lowest BCUT2D eigenvalue weighted by atomic mass is 9.96. The van der Waals surface area contributed by atoms with Gasteiger partial charge >= 0.3 is 0 Å². The van der Waals surface area contributed by atoms with Gasteiger partial charge in [0.15, 0.2) is 5.78 Å². The fraction of sp³-hybridized carbons (Fsp3) is 0.519. The van der Waals surface area contributed by atoms with Gasteiger partial charge in [0.25, 0.3) is 0 Å². The van der Waals surface area contributed by atoms with E-state index < -0.39 is 5.82 Å². The summed E-state index contributed by atoms with van der Waals surface area (Å²) < 4.78 is 13.9. The number of nitrogens with zero attached hydrogens (tertiary/aromatic N) is 3. The van der Waals surface area contributed by atoms with Gasteiger partial charge in [0, 0.05) is 61.8 Å². The van der Waals surface area contributed by atoms with Gasteiger partial charge in [0.2, 0.25) is 5.91 Å². The average molecular weight is 486 g/mol. The first-order valence-corrected chi connectivity index (χ1v) is 12.5. The molecule has 1 saturated heterocycles. The first kappa shape index (κ1) is 24.8. The number of aromatic nitrogens is 1. The third-order valence-corrected chi connectivity index (χ3v) is 7.39. The van der Waals surface area contributed by atoms with Gasteiger partial charge in [0.05, 0.1) is 5.69 Å². The molecule has 2 fully saturated rings. The Kier molecular flexibility index (Phi) is 7.68. The van der Waals surface area contributed by atoms with E-state index in [0.717, 1.165) is 48.7 Å². The molecular weight excluding hydrogens is 453 g/mol. The lowest BCUT2D eigenvalue weighted by molar-refractivity contribution is -0.136. The standard InChI is InChI=1S/C27H33ClFN3O2/c1-17-15-31(8-9-32(17)27(34)7-6-20-4-5-20)16-23-11-24(28)10-21(18(23)2)13-26(33)22-12-25(29)19(3)30-14-22/h10-12,14,17,20H,4-9,13,15-16H2,1-3H3/t17-/m0/s1. The van der Waals surface area contributed by atoms with Gasteiger partial charge in [0.1, 0.15) is 5.82 Å². The molecule has 4 rings (SSSR count). The smallest absolute Gasteiger partial charge is 0.222 e. The van der Waals surface area contributed by atoms with Crippen LogP contribution in [0.5, 0.6) is 0 Å². The average Bonchev–Trinajstić information content (AvgIpc) is 3.62. The molecular formula is C27H33ClFN3O2. The fourth-order valence-electron chi connectivity index (χ4n) is 4.74. The monoisotopic (exact) mass is 485 g/mol. The number of piperazine rings is 1. The van der Waals surface area contributed by atoms with Gasteiger partial charge in [-0.3, -0.25) is 19.5 Å². The van der Waals surface area contributed by atoms with Gasteiger partial charge in [-0.25, -0.2) is 4.39 Å². The number of carbonyl (C=O) groups is 2. The van der Waals surface area contributed by atoms with E-state index in [1.165, 1.54) is 25.1 Å². The normalized spacial score (nSPS) is 18.9. The molecule has 1 aliphatic heterocycles. The van der Waals surface area contributed by atoms with Crippen LogP contribution in [0, 0.1) is 25.6 Å². The van der Waals surface area contributed by atoms with Crippen LogP contribution in [0.3, 0.4) is 0 Å². The van der Waals surface area contributed by atoms with Crippen LogP contribution in [0.15, 0.2) is 24.4 Å². The Morgan fingerprint density at radius 3 is 2.56 bits per heavy atom. The van der Waals surface area contributed by atoms with Gasteiger partial charge in [-0.05, 0) is 68.0 Å². The van der Waals surface area contributed by atoms with Crippen LogP contribution in [0.25, 0.3) is 0 Å². The van der Waals surface area contributed by atoms with Crippen LogP contribution in [0.1, 0.15) is 65.3 Å². The lowest BCUT2D eigenvalue weighted by Crippen LogP contribution is -2.53. The van der Waals surface area contributed by atoms with Gasteiger partial charge < -0.3 is 4.90 Å². The molecule has 0 N–H and O–H groups in total. The minimum Gasteiger partial charge on any atom is -0.337 e. The number of hydrogen-bond acceptors (Lipinski definition) is 4. The van der Waals surface area contributed by atoms with E-state index in [0.29, 0.717) is 18.0 Å². The Hall–Kier alpha value is -2.31. The van der Waals surface area contributed by atoms with Crippen molar-refractivity contribution in [2.75, 3.05) is 19.6 Å². The zero-order valence-corrected chi connectivity index (χ0v) is 21.0. The predicted molar refractivity (Wildman–Crippen MR) is 132 cm³/mol. The summed E-state index contributed by atoms with van der Waals surface area (Å²) in [5.41, 5.74) is 3.48. The highest BCUT2D eigenvalue weighted by Gasteiger charge is 2.29. The lowest BCUT2D eigenvalue weighted by Gasteiger charge is -2.40. The SMILES string of the molecule is Cc1ncc(C(=O)Cc2cc(Cl)cc(CN3CCN(C(=O)CCC4CC4)[C@@H](C)C3)c2C)cc1F. The van der Waals surface area contributed by atoms with Crippen LogP contribution >= 0.6 is 11.6 Å². The minimum absolute atomic E-state index is 0.142. The Balaban J connectivity index is 1.40. The molecule has 1 aromatic heterocycles. The summed E-state index contributed by atoms with van der Waals surface area (Å²) in [5, 5.41) is 0.582. The van der Waals surface area contributed by atoms with Gasteiger partial charge in [-0.1, -0.05) is 24.4 Å². The third kappa shape index (κ3) is 6.02. The summed E-state index contributed by atoms with van der Waals surface area (Å²) in [6, 6.07) is 5.19. The molecule has 34 heavy (non-hydrogen) atoms. The summed E-state index contributed by atoms with van der Waals surface area (Å²) in [5.74, 6) is 0.387. The summed E-state index contributed by atoms with van der Waals surface area (Å²) in [7, 11) is 0. The van der Waals surface area contributed by atoms with E-state index in [-0.39, 0.29) is 35.4 Å². The number of carbonyl (C=O) groups excluding carboxylic acids is 2. The van der Waals surface area contributed by atoms with Crippen molar-refractivity contribution >= 4 is 23.3 Å². The highest BCUT2D eigenvalue weighted by Crippen LogP contribution is 2.34. The molecule has 1 atom stereocenters. The van der Waals surface area contributed by atoms with E-state index in [9.17, 15) is 14.0 Å². The van der Waals surface area contributed by atoms with Crippen LogP contribution < -0.4 is 0 Å². The van der Waals surface area contributed by atoms with E-state index in [4.69, 9.17) is 11.6 Å². The maximum Gasteiger partial charge on any atom is 0.222 e. The second-order valence-electron chi connectivity index (χ2n) is 9.89. The van der Waals surface area contributed by atoms with Crippen molar-refractivity contribution < 1.29 is 14.0 Å². The molecule has 2 aliphatic rings. The highest BCUT2D eigenvalue weighted by molar-refractivity contribution is 6.30. The molecule has 1 aromatic carbocycles. The maximum atomic E-state index is 13.9. The topological polar surface area (TPSA) is 53.5 Å². The van der Waals surface area contributed by atoms with Crippen molar-refractivity contribution in [1.29, 1.82) is 0 Å². The molecule has 2 heterocycles. The van der Waals surface area contributed by atoms with Crippen LogP contribution in [0.2, 0.25) is 5.02 Å². The minimum atomic E-state index is -0.478. The summed E-state index contributed by atoms with van der Waals surface area (Å²) in [6.07, 6.45) is 5.82. The number of aryl methyl sites for hydroxylation is 1. The molecule has 7 heteroatoms. The van der Waals surface area contributed by atoms with Gasteiger partial charge in [-0.15, -0.1) is 0 Å². The van der Waals surface area contributed by atoms with Crippen LogP contribution in [-0.4, -0.2) is 52.2 Å². The number of halogens is 2. The van der Waals surface area contributed by atoms with Crippen molar-refractivity contribution in [1.82, 2.24) is 14.8 Å². The first-order chi connectivity index (χ1) is 16.2. The van der Waals surface area contributed by atoms with Crippen LogP contribution in [-0.2, 0) is 17.8 Å². The zero-order chi connectivity index (χ0) is 24.4. The number of amides is 1. The van der Waals surface area contributed by atoms with Crippen molar-refractivity contribution in [3.8, 4) is 0 Å². The summed E-state index contributed by atoms with van der Waals surface area (Å²) in [4.78, 5) is 33.8. The maximum absolute atomic E-state index is 13.9. The second kappa shape index (κ2) is 10.5. The molecule has 0 spiro atoms. The number of pyridine rings is 1. The number of benzene rings is 1. The van der Waals surface area contributed by atoms with Crippen molar-refractivity contribution in [2.24, 2.45) is 5.92 Å². The van der Waals surface area contributed by atoms with E-state index in [2.05, 4.69) is 16.8 Å². The molecule has 1 amide bonds. The van der Waals surface area contributed by atoms with Crippen LogP contribution in [0.4, 0.5) is 4.39 Å². The van der Waals surface area contributed by atoms with E-state index in [1.807, 2.05) is 24.0 Å². The molecule has 182 valence electrons. The first-order valence-electron chi connectivity index (χ1n) is 12.2. The number of ketones is 1. The molecule has 2 aromatic rings. The Labute approximate surface area is 206 Å². The number of rotatable bonds is 8. The van der Waals surface area contributed by atoms with Gasteiger partial charge in [-0.2, -0.15) is 0 Å². The molecule has 1 saturated carbocycles. The van der Waals surface area contributed by atoms with E-state index in [1.54, 1.807) is 6.92 Å². The van der Waals surface area contributed by atoms with Crippen molar-refractivity contribution in [3.05, 3.63) is 63.2 Å². The molecule has 0 unspecified atom stereocenters. The second-order valence-corrected chi connectivity index (χ2v) is 10.3. The quantitative estimate of drug-likeness (QED) is 0.486. The number of Topliss-reactive ketones (excluding diaryl/α,β-unsaturated/α-hetero) is 1. The summed E-state index contributed by atoms with van der Waals surface area (Å²) in [6.45, 7) is 8.76. The van der Waals surface area contributed by atoms with Crippen molar-refractivity contribution in [3.63, 3.8) is 0 Å². The fourth-order valence-corrected chi connectivity index (χ4v) is 5.01. The Morgan fingerprint density at radius 1 is 1.15 bits per heavy atom. The molecule has 0 bridgehead atoms. The third-order valence-electron chi connectivity index (χ3n) is 7.17. The largest absolute Gasteiger partial charge is 0.337 e. The zero-order valence-electron chi connectivity index (χ0n) is 20.2. The molecule has 0 radical (unpaired) electrons. The molecule has 1 aliphatic carbocycles. The highest BCUT2D eigenvalue weighted by atomic mass is 35.5. The predicted octanol–water partition coefficient (Wildman–Crippen LogP) is 5.14. The number of hydrogen-bond donors (Lipinski definition) is 0. The Morgan fingerprint density at radius 2 is 1.88 bits per heavy atom. The van der Waals surface area contributed by atoms with Crippen molar-refractivity contribution in [2.45, 2.75) is 65.5 Å². The van der Waals surface area contributed by atoms with E-state index >= 15 is 0 Å². The molecule has 5 nitrogen and oxygen atoms in total.